The summed E-state index contributed by atoms with van der Waals surface area (Å²) in [4.78, 5) is 10.2. The SMILES string of the molecule is ON=C1CCN(c2ccncn2)CC1. The molecule has 1 fully saturated rings. The van der Waals surface area contributed by atoms with Crippen LogP contribution >= 0.6 is 0 Å². The van der Waals surface area contributed by atoms with Crippen LogP contribution in [0.3, 0.4) is 0 Å². The first-order valence-corrected chi connectivity index (χ1v) is 4.61. The lowest BCUT2D eigenvalue weighted by molar-refractivity contribution is 0.315. The van der Waals surface area contributed by atoms with Crippen molar-refractivity contribution < 1.29 is 5.21 Å². The number of nitrogens with zero attached hydrogens (tertiary/aromatic N) is 4. The third-order valence-electron chi connectivity index (χ3n) is 2.37. The summed E-state index contributed by atoms with van der Waals surface area (Å²) in [6.07, 6.45) is 4.89. The fraction of sp³-hybridized carbons (Fsp3) is 0.444. The topological polar surface area (TPSA) is 61.6 Å². The molecule has 1 saturated heterocycles. The van der Waals surface area contributed by atoms with Gasteiger partial charge >= 0.3 is 0 Å². The normalized spacial score (nSPS) is 16.9. The Morgan fingerprint density at radius 2 is 2.14 bits per heavy atom. The first-order chi connectivity index (χ1) is 6.90. The molecule has 1 aliphatic rings. The summed E-state index contributed by atoms with van der Waals surface area (Å²) in [6.45, 7) is 1.72. The highest BCUT2D eigenvalue weighted by molar-refractivity contribution is 5.85. The molecule has 1 aromatic heterocycles. The first kappa shape index (κ1) is 8.93. The lowest BCUT2D eigenvalue weighted by Crippen LogP contribution is -2.34. The molecule has 0 amide bonds. The fourth-order valence-electron chi connectivity index (χ4n) is 1.56. The Bertz CT molecular complexity index is 315. The second-order valence-corrected chi connectivity index (χ2v) is 3.22. The average Bonchev–Trinajstić information content (AvgIpc) is 2.30. The smallest absolute Gasteiger partial charge is 0.131 e. The molecule has 74 valence electrons. The number of hydrogen-bond donors (Lipinski definition) is 1. The maximum atomic E-state index is 8.59. The van der Waals surface area contributed by atoms with Crippen LogP contribution < -0.4 is 4.90 Å². The van der Waals surface area contributed by atoms with Crippen molar-refractivity contribution in [1.82, 2.24) is 9.97 Å². The number of oxime groups is 1. The standard InChI is InChI=1S/C9H12N4O/c14-12-8-2-5-13(6-3-8)9-1-4-10-7-11-9/h1,4,7,14H,2-3,5-6H2. The summed E-state index contributed by atoms with van der Waals surface area (Å²) < 4.78 is 0. The Morgan fingerprint density at radius 1 is 1.36 bits per heavy atom. The Kier molecular flexibility index (Phi) is 2.58. The molecule has 0 aliphatic carbocycles. The molecule has 1 aromatic rings. The molecule has 0 bridgehead atoms. The summed E-state index contributed by atoms with van der Waals surface area (Å²) >= 11 is 0. The predicted octanol–water partition coefficient (Wildman–Crippen LogP) is 0.907. The molecule has 1 aliphatic heterocycles. The van der Waals surface area contributed by atoms with Crippen LogP contribution in [-0.2, 0) is 0 Å². The van der Waals surface area contributed by atoms with Crippen molar-refractivity contribution in [3.63, 3.8) is 0 Å². The number of hydrogen-bond acceptors (Lipinski definition) is 5. The van der Waals surface area contributed by atoms with Gasteiger partial charge < -0.3 is 10.1 Å². The first-order valence-electron chi connectivity index (χ1n) is 4.61. The van der Waals surface area contributed by atoms with Crippen molar-refractivity contribution >= 4 is 11.5 Å². The number of piperidine rings is 1. The molecule has 0 spiro atoms. The van der Waals surface area contributed by atoms with E-state index in [1.807, 2.05) is 6.07 Å². The fourth-order valence-corrected chi connectivity index (χ4v) is 1.56. The van der Waals surface area contributed by atoms with Crippen molar-refractivity contribution in [2.24, 2.45) is 5.16 Å². The van der Waals surface area contributed by atoms with E-state index in [1.165, 1.54) is 0 Å². The van der Waals surface area contributed by atoms with Gasteiger partial charge in [-0.25, -0.2) is 9.97 Å². The molecule has 0 atom stereocenters. The number of rotatable bonds is 1. The molecule has 0 saturated carbocycles. The van der Waals surface area contributed by atoms with Gasteiger partial charge in [-0.15, -0.1) is 0 Å². The molecule has 2 rings (SSSR count). The second kappa shape index (κ2) is 4.04. The second-order valence-electron chi connectivity index (χ2n) is 3.22. The Balaban J connectivity index is 2.03. The molecule has 14 heavy (non-hydrogen) atoms. The summed E-state index contributed by atoms with van der Waals surface area (Å²) in [5, 5.41) is 11.8. The third kappa shape index (κ3) is 1.81. The minimum absolute atomic E-state index is 0.806. The van der Waals surface area contributed by atoms with Crippen LogP contribution in [0.2, 0.25) is 0 Å². The summed E-state index contributed by atoms with van der Waals surface area (Å²) in [7, 11) is 0. The van der Waals surface area contributed by atoms with E-state index in [2.05, 4.69) is 20.0 Å². The van der Waals surface area contributed by atoms with Gasteiger partial charge in [0.15, 0.2) is 0 Å². The van der Waals surface area contributed by atoms with Crippen molar-refractivity contribution in [2.45, 2.75) is 12.8 Å². The highest BCUT2D eigenvalue weighted by Crippen LogP contribution is 2.14. The van der Waals surface area contributed by atoms with E-state index in [4.69, 9.17) is 5.21 Å². The maximum absolute atomic E-state index is 8.59. The van der Waals surface area contributed by atoms with E-state index in [0.29, 0.717) is 0 Å². The van der Waals surface area contributed by atoms with Crippen molar-refractivity contribution in [3.8, 4) is 0 Å². The highest BCUT2D eigenvalue weighted by Gasteiger charge is 2.15. The molecular formula is C9H12N4O. The van der Waals surface area contributed by atoms with Gasteiger partial charge in [0.05, 0.1) is 5.71 Å². The maximum Gasteiger partial charge on any atom is 0.131 e. The monoisotopic (exact) mass is 192 g/mol. The van der Waals surface area contributed by atoms with Gasteiger partial charge in [-0.05, 0) is 6.07 Å². The quantitative estimate of drug-likeness (QED) is 0.530. The molecule has 0 unspecified atom stereocenters. The predicted molar refractivity (Wildman–Crippen MR) is 52.7 cm³/mol. The molecular weight excluding hydrogens is 180 g/mol. The van der Waals surface area contributed by atoms with Crippen LogP contribution in [-0.4, -0.2) is 34.0 Å². The molecule has 1 N–H and O–H groups in total. The Hall–Kier alpha value is -1.65. The summed E-state index contributed by atoms with van der Waals surface area (Å²) in [5.74, 6) is 0.942. The summed E-state index contributed by atoms with van der Waals surface area (Å²) in [5.41, 5.74) is 0.871. The average molecular weight is 192 g/mol. The van der Waals surface area contributed by atoms with E-state index in [0.717, 1.165) is 37.5 Å². The number of aromatic nitrogens is 2. The molecule has 0 radical (unpaired) electrons. The van der Waals surface area contributed by atoms with Gasteiger partial charge in [-0.3, -0.25) is 0 Å². The van der Waals surface area contributed by atoms with Crippen LogP contribution in [0.15, 0.2) is 23.7 Å². The van der Waals surface area contributed by atoms with Gasteiger partial charge in [0.1, 0.15) is 12.1 Å². The zero-order chi connectivity index (χ0) is 9.80. The van der Waals surface area contributed by atoms with E-state index in [1.54, 1.807) is 12.5 Å². The highest BCUT2D eigenvalue weighted by atomic mass is 16.4. The minimum Gasteiger partial charge on any atom is -0.411 e. The van der Waals surface area contributed by atoms with Crippen LogP contribution in [0.4, 0.5) is 5.82 Å². The number of anilines is 1. The van der Waals surface area contributed by atoms with E-state index < -0.39 is 0 Å². The lowest BCUT2D eigenvalue weighted by Gasteiger charge is -2.27. The van der Waals surface area contributed by atoms with Gasteiger partial charge in [-0.2, -0.15) is 0 Å². The molecule has 2 heterocycles. The van der Waals surface area contributed by atoms with Crippen molar-refractivity contribution in [1.29, 1.82) is 0 Å². The van der Waals surface area contributed by atoms with Crippen LogP contribution in [0.25, 0.3) is 0 Å². The molecule has 0 aromatic carbocycles. The minimum atomic E-state index is 0.806. The summed E-state index contributed by atoms with van der Waals surface area (Å²) in [6, 6.07) is 1.89. The van der Waals surface area contributed by atoms with E-state index in [-0.39, 0.29) is 0 Å². The third-order valence-corrected chi connectivity index (χ3v) is 2.37. The van der Waals surface area contributed by atoms with E-state index >= 15 is 0 Å². The largest absolute Gasteiger partial charge is 0.411 e. The zero-order valence-electron chi connectivity index (χ0n) is 7.80. The Labute approximate surface area is 82.1 Å². The zero-order valence-corrected chi connectivity index (χ0v) is 7.80. The van der Waals surface area contributed by atoms with Crippen molar-refractivity contribution in [3.05, 3.63) is 18.6 Å². The van der Waals surface area contributed by atoms with E-state index in [9.17, 15) is 0 Å². The van der Waals surface area contributed by atoms with Crippen LogP contribution in [0, 0.1) is 0 Å². The lowest BCUT2D eigenvalue weighted by atomic mass is 10.1. The van der Waals surface area contributed by atoms with Crippen LogP contribution in [0.5, 0.6) is 0 Å². The van der Waals surface area contributed by atoms with Gasteiger partial charge in [-0.1, -0.05) is 5.16 Å². The van der Waals surface area contributed by atoms with Gasteiger partial charge in [0, 0.05) is 32.1 Å². The van der Waals surface area contributed by atoms with Crippen molar-refractivity contribution in [2.75, 3.05) is 18.0 Å². The molecule has 5 heteroatoms. The van der Waals surface area contributed by atoms with Gasteiger partial charge in [0.25, 0.3) is 0 Å². The molecule has 5 nitrogen and oxygen atoms in total. The van der Waals surface area contributed by atoms with Gasteiger partial charge in [0.2, 0.25) is 0 Å². The Morgan fingerprint density at radius 3 is 2.71 bits per heavy atom. The van der Waals surface area contributed by atoms with Crippen LogP contribution in [0.1, 0.15) is 12.8 Å².